The van der Waals surface area contributed by atoms with Crippen molar-refractivity contribution in [1.29, 1.82) is 0 Å². The van der Waals surface area contributed by atoms with Crippen LogP contribution in [0.25, 0.3) is 0 Å². The average molecular weight is 255 g/mol. The summed E-state index contributed by atoms with van der Waals surface area (Å²) in [5.41, 5.74) is -0.825. The van der Waals surface area contributed by atoms with E-state index in [0.717, 1.165) is 19.3 Å². The van der Waals surface area contributed by atoms with E-state index in [1.807, 2.05) is 6.92 Å². The third kappa shape index (κ3) is 3.03. The number of hydrogen-bond donors (Lipinski definition) is 2. The normalized spacial score (nSPS) is 25.4. The van der Waals surface area contributed by atoms with Crippen LogP contribution in [0.5, 0.6) is 0 Å². The summed E-state index contributed by atoms with van der Waals surface area (Å²) in [5, 5.41) is 12.0. The maximum absolute atomic E-state index is 12.1. The highest BCUT2D eigenvalue weighted by atomic mass is 16.4. The molecular weight excluding hydrogens is 230 g/mol. The quantitative estimate of drug-likeness (QED) is 0.793. The van der Waals surface area contributed by atoms with Crippen LogP contribution in [0.15, 0.2) is 0 Å². The maximum atomic E-state index is 12.1. The van der Waals surface area contributed by atoms with Crippen LogP contribution in [-0.2, 0) is 9.59 Å². The van der Waals surface area contributed by atoms with Crippen LogP contribution >= 0.6 is 0 Å². The van der Waals surface area contributed by atoms with Crippen LogP contribution in [0.2, 0.25) is 0 Å². The minimum atomic E-state index is -0.863. The van der Waals surface area contributed by atoms with E-state index in [1.54, 1.807) is 6.92 Å². The van der Waals surface area contributed by atoms with Crippen molar-refractivity contribution in [3.8, 4) is 0 Å². The average Bonchev–Trinajstić information content (AvgIpc) is 2.65. The molecule has 1 saturated carbocycles. The maximum Gasteiger partial charge on any atom is 0.311 e. The van der Waals surface area contributed by atoms with Crippen LogP contribution < -0.4 is 5.32 Å². The summed E-state index contributed by atoms with van der Waals surface area (Å²) in [6.45, 7) is 7.94. The second-order valence-corrected chi connectivity index (χ2v) is 6.37. The Kier molecular flexibility index (Phi) is 4.41. The molecule has 4 nitrogen and oxygen atoms in total. The molecule has 0 bridgehead atoms. The van der Waals surface area contributed by atoms with E-state index in [2.05, 4.69) is 19.2 Å². The van der Waals surface area contributed by atoms with Gasteiger partial charge in [-0.05, 0) is 31.6 Å². The molecule has 1 aliphatic rings. The molecule has 1 rings (SSSR count). The molecule has 104 valence electrons. The molecule has 0 spiro atoms. The van der Waals surface area contributed by atoms with Crippen LogP contribution in [-0.4, -0.2) is 23.5 Å². The van der Waals surface area contributed by atoms with Crippen molar-refractivity contribution in [3.05, 3.63) is 0 Å². The molecule has 18 heavy (non-hydrogen) atoms. The summed E-state index contributed by atoms with van der Waals surface area (Å²) in [6.07, 6.45) is 3.57. The van der Waals surface area contributed by atoms with E-state index < -0.39 is 11.4 Å². The Labute approximate surface area is 109 Å². The zero-order valence-electron chi connectivity index (χ0n) is 11.9. The number of carbonyl (C=O) groups excluding carboxylic acids is 1. The van der Waals surface area contributed by atoms with Gasteiger partial charge in [0.2, 0.25) is 5.91 Å². The predicted octanol–water partition coefficient (Wildman–Crippen LogP) is 2.43. The fraction of sp³-hybridized carbons (Fsp3) is 0.857. The standard InChI is InChI=1S/C14H25NO3/c1-5-14(4,12(17)18)9-15-11(16)10-7-6-8-13(10,2)3/h10H,5-9H2,1-4H3,(H,15,16)(H,17,18). The van der Waals surface area contributed by atoms with Gasteiger partial charge in [0.05, 0.1) is 5.41 Å². The lowest BCUT2D eigenvalue weighted by atomic mass is 9.81. The fourth-order valence-corrected chi connectivity index (χ4v) is 2.57. The molecule has 2 N–H and O–H groups in total. The van der Waals surface area contributed by atoms with Gasteiger partial charge in [-0.25, -0.2) is 0 Å². The van der Waals surface area contributed by atoms with E-state index in [9.17, 15) is 9.59 Å². The molecule has 1 fully saturated rings. The van der Waals surface area contributed by atoms with Gasteiger partial charge >= 0.3 is 5.97 Å². The van der Waals surface area contributed by atoms with Gasteiger partial charge in [-0.15, -0.1) is 0 Å². The number of carboxylic acids is 1. The molecule has 2 unspecified atom stereocenters. The lowest BCUT2D eigenvalue weighted by Gasteiger charge is -2.28. The van der Waals surface area contributed by atoms with Crippen molar-refractivity contribution >= 4 is 11.9 Å². The Morgan fingerprint density at radius 3 is 2.44 bits per heavy atom. The lowest BCUT2D eigenvalue weighted by Crippen LogP contribution is -2.44. The first-order valence-corrected chi connectivity index (χ1v) is 6.74. The Hall–Kier alpha value is -1.06. The van der Waals surface area contributed by atoms with Gasteiger partial charge in [-0.2, -0.15) is 0 Å². The molecule has 2 atom stereocenters. The Morgan fingerprint density at radius 1 is 1.44 bits per heavy atom. The summed E-state index contributed by atoms with van der Waals surface area (Å²) < 4.78 is 0. The third-order valence-corrected chi connectivity index (χ3v) is 4.52. The molecule has 0 aromatic heterocycles. The van der Waals surface area contributed by atoms with Crippen molar-refractivity contribution in [2.24, 2.45) is 16.7 Å². The van der Waals surface area contributed by atoms with Crippen LogP contribution in [0, 0.1) is 16.7 Å². The van der Waals surface area contributed by atoms with E-state index in [4.69, 9.17) is 5.11 Å². The van der Waals surface area contributed by atoms with Crippen molar-refractivity contribution in [2.75, 3.05) is 6.54 Å². The van der Waals surface area contributed by atoms with Gasteiger partial charge in [0.1, 0.15) is 0 Å². The Bertz CT molecular complexity index is 338. The molecule has 0 aliphatic heterocycles. The molecule has 1 amide bonds. The van der Waals surface area contributed by atoms with E-state index >= 15 is 0 Å². The summed E-state index contributed by atoms with van der Waals surface area (Å²) in [7, 11) is 0. The third-order valence-electron chi connectivity index (χ3n) is 4.52. The van der Waals surface area contributed by atoms with E-state index in [1.165, 1.54) is 0 Å². The number of rotatable bonds is 5. The van der Waals surface area contributed by atoms with Gasteiger partial charge in [-0.1, -0.05) is 27.2 Å². The first-order chi connectivity index (χ1) is 8.23. The highest BCUT2D eigenvalue weighted by Crippen LogP contribution is 2.42. The van der Waals surface area contributed by atoms with E-state index in [-0.39, 0.29) is 23.8 Å². The van der Waals surface area contributed by atoms with Crippen molar-refractivity contribution in [2.45, 2.75) is 53.4 Å². The second kappa shape index (κ2) is 5.29. The number of carboxylic acid groups (broad SMARTS) is 1. The monoisotopic (exact) mass is 255 g/mol. The number of carbonyl (C=O) groups is 2. The van der Waals surface area contributed by atoms with Crippen LogP contribution in [0.1, 0.15) is 53.4 Å². The summed E-state index contributed by atoms with van der Waals surface area (Å²) >= 11 is 0. The van der Waals surface area contributed by atoms with E-state index in [0.29, 0.717) is 6.42 Å². The van der Waals surface area contributed by atoms with Gasteiger partial charge in [0.25, 0.3) is 0 Å². The molecule has 0 aromatic rings. The first-order valence-electron chi connectivity index (χ1n) is 6.74. The van der Waals surface area contributed by atoms with Crippen LogP contribution in [0.4, 0.5) is 0 Å². The number of aliphatic carboxylic acids is 1. The minimum absolute atomic E-state index is 0.0124. The zero-order chi connectivity index (χ0) is 14.0. The first kappa shape index (κ1) is 15.0. The number of nitrogens with one attached hydrogen (secondary N) is 1. The Balaban J connectivity index is 2.59. The number of amides is 1. The molecular formula is C14H25NO3. The van der Waals surface area contributed by atoms with Crippen molar-refractivity contribution in [3.63, 3.8) is 0 Å². The van der Waals surface area contributed by atoms with Gasteiger partial charge < -0.3 is 10.4 Å². The topological polar surface area (TPSA) is 66.4 Å². The lowest BCUT2D eigenvalue weighted by molar-refractivity contribution is -0.148. The largest absolute Gasteiger partial charge is 0.481 e. The Morgan fingerprint density at radius 2 is 2.06 bits per heavy atom. The second-order valence-electron chi connectivity index (χ2n) is 6.37. The molecule has 4 heteroatoms. The fourth-order valence-electron chi connectivity index (χ4n) is 2.57. The zero-order valence-corrected chi connectivity index (χ0v) is 11.9. The van der Waals surface area contributed by atoms with Crippen molar-refractivity contribution in [1.82, 2.24) is 5.32 Å². The molecule has 0 heterocycles. The minimum Gasteiger partial charge on any atom is -0.481 e. The highest BCUT2D eigenvalue weighted by Gasteiger charge is 2.40. The molecule has 0 radical (unpaired) electrons. The molecule has 0 saturated heterocycles. The summed E-state index contributed by atoms with van der Waals surface area (Å²) in [5.74, 6) is -0.818. The SMILES string of the molecule is CCC(C)(CNC(=O)C1CCCC1(C)C)C(=O)O. The summed E-state index contributed by atoms with van der Waals surface area (Å²) in [4.78, 5) is 23.3. The van der Waals surface area contributed by atoms with Gasteiger partial charge in [0.15, 0.2) is 0 Å². The highest BCUT2D eigenvalue weighted by molar-refractivity contribution is 5.81. The van der Waals surface area contributed by atoms with Gasteiger partial charge in [0, 0.05) is 12.5 Å². The van der Waals surface area contributed by atoms with Crippen molar-refractivity contribution < 1.29 is 14.7 Å². The van der Waals surface area contributed by atoms with Crippen LogP contribution in [0.3, 0.4) is 0 Å². The van der Waals surface area contributed by atoms with Gasteiger partial charge in [-0.3, -0.25) is 9.59 Å². The predicted molar refractivity (Wildman–Crippen MR) is 70.2 cm³/mol. The molecule has 0 aromatic carbocycles. The number of hydrogen-bond acceptors (Lipinski definition) is 2. The molecule has 1 aliphatic carbocycles. The smallest absolute Gasteiger partial charge is 0.311 e. The summed E-state index contributed by atoms with van der Waals surface area (Å²) in [6, 6.07) is 0.